The van der Waals surface area contributed by atoms with Crippen molar-refractivity contribution in [1.29, 1.82) is 0 Å². The molecule has 0 fully saturated rings. The number of rotatable bonds is 4. The summed E-state index contributed by atoms with van der Waals surface area (Å²) in [5.41, 5.74) is 0. The van der Waals surface area contributed by atoms with E-state index in [4.69, 9.17) is 9.15 Å². The monoisotopic (exact) mass is 253 g/mol. The number of halogens is 2. The molecule has 2 rings (SSSR count). The predicted octanol–water partition coefficient (Wildman–Crippen LogP) is 1.50. The van der Waals surface area contributed by atoms with Crippen LogP contribution in [0.5, 0.6) is 5.75 Å². The number of aromatic carboxylic acids is 1. The summed E-state index contributed by atoms with van der Waals surface area (Å²) in [6, 6.07) is 5.44. The zero-order valence-corrected chi connectivity index (χ0v) is 8.98. The van der Waals surface area contributed by atoms with Crippen molar-refractivity contribution in [3.63, 3.8) is 0 Å². The van der Waals surface area contributed by atoms with Crippen LogP contribution in [0.2, 0.25) is 0 Å². The molecule has 18 heavy (non-hydrogen) atoms. The summed E-state index contributed by atoms with van der Waals surface area (Å²) in [5.74, 6) is -3.30. The number of benzene rings is 1. The standard InChI is InChI=1S/C12H8F2O4/c13-7-1-3-10(9(14)5-7)17-6-8-2-4-11(18-8)12(15)16/h1-5H,6H2,(H,15,16)/p-1. The first-order valence-electron chi connectivity index (χ1n) is 4.94. The molecule has 0 aliphatic carbocycles. The molecule has 0 bridgehead atoms. The van der Waals surface area contributed by atoms with Gasteiger partial charge in [0, 0.05) is 6.07 Å². The summed E-state index contributed by atoms with van der Waals surface area (Å²) in [6.07, 6.45) is 0. The summed E-state index contributed by atoms with van der Waals surface area (Å²) < 4.78 is 35.7. The molecule has 0 spiro atoms. The van der Waals surface area contributed by atoms with Crippen molar-refractivity contribution >= 4 is 5.97 Å². The Kier molecular flexibility index (Phi) is 3.27. The van der Waals surface area contributed by atoms with Gasteiger partial charge in [0.15, 0.2) is 11.6 Å². The number of hydrogen-bond donors (Lipinski definition) is 0. The Labute approximate surface area is 100 Å². The van der Waals surface area contributed by atoms with E-state index in [0.29, 0.717) is 6.07 Å². The van der Waals surface area contributed by atoms with Crippen molar-refractivity contribution in [2.75, 3.05) is 0 Å². The molecule has 6 heteroatoms. The predicted molar refractivity (Wildman–Crippen MR) is 53.7 cm³/mol. The highest BCUT2D eigenvalue weighted by Gasteiger charge is 2.07. The van der Waals surface area contributed by atoms with Gasteiger partial charge in [-0.15, -0.1) is 0 Å². The van der Waals surface area contributed by atoms with Crippen LogP contribution in [0.4, 0.5) is 8.78 Å². The highest BCUT2D eigenvalue weighted by molar-refractivity contribution is 5.82. The van der Waals surface area contributed by atoms with Crippen LogP contribution in [-0.2, 0) is 6.61 Å². The van der Waals surface area contributed by atoms with Crippen molar-refractivity contribution < 1.29 is 27.8 Å². The molecule has 1 heterocycles. The fourth-order valence-corrected chi connectivity index (χ4v) is 1.31. The molecule has 0 aliphatic rings. The summed E-state index contributed by atoms with van der Waals surface area (Å²) >= 11 is 0. The maximum Gasteiger partial charge on any atom is 0.167 e. The number of carboxylic acid groups (broad SMARTS) is 1. The second-order valence-electron chi connectivity index (χ2n) is 3.42. The first-order valence-corrected chi connectivity index (χ1v) is 4.94. The molecule has 0 atom stereocenters. The normalized spacial score (nSPS) is 10.3. The molecule has 0 radical (unpaired) electrons. The lowest BCUT2D eigenvalue weighted by Crippen LogP contribution is -2.21. The van der Waals surface area contributed by atoms with E-state index in [1.165, 1.54) is 12.1 Å². The first-order chi connectivity index (χ1) is 8.56. The Balaban J connectivity index is 2.04. The third kappa shape index (κ3) is 2.65. The zero-order chi connectivity index (χ0) is 13.1. The van der Waals surface area contributed by atoms with Gasteiger partial charge in [0.25, 0.3) is 0 Å². The molecule has 0 amide bonds. The van der Waals surface area contributed by atoms with Gasteiger partial charge in [-0.2, -0.15) is 0 Å². The topological polar surface area (TPSA) is 62.5 Å². The molecule has 1 aromatic heterocycles. The van der Waals surface area contributed by atoms with Crippen LogP contribution in [-0.4, -0.2) is 5.97 Å². The van der Waals surface area contributed by atoms with Crippen LogP contribution in [0.25, 0.3) is 0 Å². The smallest absolute Gasteiger partial charge is 0.167 e. The molecule has 0 saturated carbocycles. The van der Waals surface area contributed by atoms with Crippen LogP contribution < -0.4 is 9.84 Å². The fraction of sp³-hybridized carbons (Fsp3) is 0.0833. The van der Waals surface area contributed by atoms with Crippen LogP contribution in [0.1, 0.15) is 16.3 Å². The van der Waals surface area contributed by atoms with Gasteiger partial charge in [0.05, 0.1) is 0 Å². The zero-order valence-electron chi connectivity index (χ0n) is 8.98. The quantitative estimate of drug-likeness (QED) is 0.828. The van der Waals surface area contributed by atoms with Crippen molar-refractivity contribution in [2.45, 2.75) is 6.61 Å². The number of carboxylic acids is 1. The third-order valence-electron chi connectivity index (χ3n) is 2.13. The van der Waals surface area contributed by atoms with Crippen LogP contribution in [0.3, 0.4) is 0 Å². The summed E-state index contributed by atoms with van der Waals surface area (Å²) in [7, 11) is 0. The van der Waals surface area contributed by atoms with Gasteiger partial charge >= 0.3 is 0 Å². The lowest BCUT2D eigenvalue weighted by Gasteiger charge is -2.05. The summed E-state index contributed by atoms with van der Waals surface area (Å²) in [5, 5.41) is 10.4. The van der Waals surface area contributed by atoms with E-state index in [1.54, 1.807) is 0 Å². The summed E-state index contributed by atoms with van der Waals surface area (Å²) in [4.78, 5) is 10.4. The van der Waals surface area contributed by atoms with Crippen LogP contribution >= 0.6 is 0 Å². The van der Waals surface area contributed by atoms with Gasteiger partial charge < -0.3 is 19.1 Å². The van der Waals surface area contributed by atoms with Crippen molar-refractivity contribution in [3.8, 4) is 5.75 Å². The number of carbonyl (C=O) groups excluding carboxylic acids is 1. The van der Waals surface area contributed by atoms with E-state index < -0.39 is 17.6 Å². The second kappa shape index (κ2) is 4.87. The van der Waals surface area contributed by atoms with E-state index in [0.717, 1.165) is 12.1 Å². The van der Waals surface area contributed by atoms with Gasteiger partial charge in [-0.1, -0.05) is 0 Å². The molecule has 0 unspecified atom stereocenters. The van der Waals surface area contributed by atoms with Gasteiger partial charge in [0.2, 0.25) is 0 Å². The number of carbonyl (C=O) groups is 1. The largest absolute Gasteiger partial charge is 0.542 e. The van der Waals surface area contributed by atoms with Gasteiger partial charge in [-0.05, 0) is 24.3 Å². The van der Waals surface area contributed by atoms with Crippen molar-refractivity contribution in [3.05, 3.63) is 53.5 Å². The Hall–Kier alpha value is -2.37. The fourth-order valence-electron chi connectivity index (χ4n) is 1.31. The Morgan fingerprint density at radius 2 is 2.06 bits per heavy atom. The van der Waals surface area contributed by atoms with E-state index in [2.05, 4.69) is 0 Å². The Bertz CT molecular complexity index is 577. The van der Waals surface area contributed by atoms with Gasteiger partial charge in [0.1, 0.15) is 29.9 Å². The minimum absolute atomic E-state index is 0.150. The van der Waals surface area contributed by atoms with E-state index in [-0.39, 0.29) is 23.9 Å². The average Bonchev–Trinajstić information content (AvgIpc) is 2.76. The lowest BCUT2D eigenvalue weighted by atomic mass is 10.3. The molecule has 2 aromatic rings. The highest BCUT2D eigenvalue weighted by atomic mass is 19.1. The molecule has 4 nitrogen and oxygen atoms in total. The van der Waals surface area contributed by atoms with Crippen LogP contribution in [0, 0.1) is 11.6 Å². The highest BCUT2D eigenvalue weighted by Crippen LogP contribution is 2.19. The van der Waals surface area contributed by atoms with Crippen molar-refractivity contribution in [1.82, 2.24) is 0 Å². The van der Waals surface area contributed by atoms with Gasteiger partial charge in [-0.3, -0.25) is 0 Å². The third-order valence-corrected chi connectivity index (χ3v) is 2.13. The lowest BCUT2D eigenvalue weighted by molar-refractivity contribution is -0.257. The number of ether oxygens (including phenoxy) is 1. The second-order valence-corrected chi connectivity index (χ2v) is 3.42. The summed E-state index contributed by atoms with van der Waals surface area (Å²) in [6.45, 7) is -0.171. The van der Waals surface area contributed by atoms with E-state index in [9.17, 15) is 18.7 Å². The first kappa shape index (κ1) is 12.1. The Morgan fingerprint density at radius 3 is 2.67 bits per heavy atom. The SMILES string of the molecule is O=C([O-])c1ccc(COc2ccc(F)cc2F)o1. The minimum atomic E-state index is -1.45. The Morgan fingerprint density at radius 1 is 1.28 bits per heavy atom. The van der Waals surface area contributed by atoms with Gasteiger partial charge in [-0.25, -0.2) is 8.78 Å². The molecule has 94 valence electrons. The molecule has 0 saturated heterocycles. The molecular weight excluding hydrogens is 246 g/mol. The minimum Gasteiger partial charge on any atom is -0.542 e. The van der Waals surface area contributed by atoms with Crippen molar-refractivity contribution in [2.24, 2.45) is 0 Å². The van der Waals surface area contributed by atoms with Crippen LogP contribution in [0.15, 0.2) is 34.7 Å². The maximum atomic E-state index is 13.2. The molecule has 1 aromatic carbocycles. The molecular formula is C12H7F2O4-. The molecule has 0 N–H and O–H groups in total. The number of hydrogen-bond acceptors (Lipinski definition) is 4. The average molecular weight is 253 g/mol. The maximum absolute atomic E-state index is 13.2. The number of furan rings is 1. The van der Waals surface area contributed by atoms with E-state index >= 15 is 0 Å². The molecule has 0 aliphatic heterocycles. The van der Waals surface area contributed by atoms with E-state index in [1.807, 2.05) is 0 Å².